The number of rotatable bonds is 3. The van der Waals surface area contributed by atoms with Crippen LogP contribution < -0.4 is 5.56 Å². The van der Waals surface area contributed by atoms with E-state index in [1.165, 1.54) is 5.57 Å². The van der Waals surface area contributed by atoms with Gasteiger partial charge in [-0.1, -0.05) is 41.5 Å². The van der Waals surface area contributed by atoms with E-state index < -0.39 is 0 Å². The summed E-state index contributed by atoms with van der Waals surface area (Å²) in [6.45, 7) is 2.70. The minimum Gasteiger partial charge on any atom is -0.293 e. The molecule has 4 nitrogen and oxygen atoms in total. The van der Waals surface area contributed by atoms with Crippen molar-refractivity contribution in [2.24, 2.45) is 0 Å². The van der Waals surface area contributed by atoms with Crippen LogP contribution in [0.3, 0.4) is 0 Å². The second-order valence-corrected chi connectivity index (χ2v) is 6.88. The molecule has 2 aromatic rings. The predicted octanol–water partition coefficient (Wildman–Crippen LogP) is 3.45. The molecular weight excluding hydrogens is 322 g/mol. The molecule has 4 rings (SSSR count). The summed E-state index contributed by atoms with van der Waals surface area (Å²) in [6, 6.07) is 7.38. The summed E-state index contributed by atoms with van der Waals surface area (Å²) in [5.41, 5.74) is 4.24. The molecule has 1 aliphatic heterocycles. The van der Waals surface area contributed by atoms with Crippen LogP contribution in [0, 0.1) is 0 Å². The molecule has 5 heteroatoms. The first-order chi connectivity index (χ1) is 11.7. The van der Waals surface area contributed by atoms with Crippen molar-refractivity contribution >= 4 is 11.6 Å². The van der Waals surface area contributed by atoms with E-state index in [9.17, 15) is 4.79 Å². The number of hydrogen-bond donors (Lipinski definition) is 1. The SMILES string of the molecule is O=c1c2c([nH]n1-c1cccc(Cl)c1)CN(CC1=CC=CCC1)CC2. The number of allylic oxidation sites excluding steroid dienone is 3. The number of hydrogen-bond acceptors (Lipinski definition) is 2. The van der Waals surface area contributed by atoms with Crippen molar-refractivity contribution in [3.8, 4) is 5.69 Å². The van der Waals surface area contributed by atoms with E-state index in [4.69, 9.17) is 11.6 Å². The molecule has 0 amide bonds. The van der Waals surface area contributed by atoms with Crippen LogP contribution in [0.1, 0.15) is 24.1 Å². The highest BCUT2D eigenvalue weighted by Crippen LogP contribution is 2.20. The van der Waals surface area contributed by atoms with Gasteiger partial charge in [0.25, 0.3) is 5.56 Å². The average molecular weight is 342 g/mol. The maximum absolute atomic E-state index is 12.7. The summed E-state index contributed by atoms with van der Waals surface area (Å²) in [6.07, 6.45) is 9.64. The maximum Gasteiger partial charge on any atom is 0.274 e. The lowest BCUT2D eigenvalue weighted by Gasteiger charge is -2.27. The third-order valence-corrected chi connectivity index (χ3v) is 4.96. The number of nitrogens with zero attached hydrogens (tertiary/aromatic N) is 2. The largest absolute Gasteiger partial charge is 0.293 e. The molecule has 0 spiro atoms. The summed E-state index contributed by atoms with van der Waals surface area (Å²) in [7, 11) is 0. The number of halogens is 1. The molecule has 0 radical (unpaired) electrons. The van der Waals surface area contributed by atoms with Crippen molar-refractivity contribution in [3.05, 3.63) is 74.7 Å². The summed E-state index contributed by atoms with van der Waals surface area (Å²) in [4.78, 5) is 15.1. The van der Waals surface area contributed by atoms with Gasteiger partial charge in [0.15, 0.2) is 0 Å². The van der Waals surface area contributed by atoms with Gasteiger partial charge in [0.1, 0.15) is 0 Å². The smallest absolute Gasteiger partial charge is 0.274 e. The molecule has 1 aromatic heterocycles. The Bertz CT molecular complexity index is 875. The van der Waals surface area contributed by atoms with Crippen LogP contribution in [0.25, 0.3) is 5.69 Å². The van der Waals surface area contributed by atoms with Gasteiger partial charge in [-0.05, 0) is 37.5 Å². The summed E-state index contributed by atoms with van der Waals surface area (Å²) >= 11 is 6.06. The maximum atomic E-state index is 12.7. The molecule has 1 aliphatic carbocycles. The number of aromatic amines is 1. The molecule has 124 valence electrons. The lowest BCUT2D eigenvalue weighted by atomic mass is 10.0. The molecule has 0 fully saturated rings. The molecule has 0 saturated heterocycles. The monoisotopic (exact) mass is 341 g/mol. The van der Waals surface area contributed by atoms with Crippen molar-refractivity contribution in [1.82, 2.24) is 14.7 Å². The Morgan fingerprint density at radius 1 is 1.25 bits per heavy atom. The molecule has 0 unspecified atom stereocenters. The zero-order chi connectivity index (χ0) is 16.5. The minimum absolute atomic E-state index is 0.0479. The molecule has 1 aromatic carbocycles. The van der Waals surface area contributed by atoms with Gasteiger partial charge in [-0.25, -0.2) is 4.68 Å². The van der Waals surface area contributed by atoms with Crippen molar-refractivity contribution < 1.29 is 0 Å². The standard InChI is InChI=1S/C19H20ClN3O/c20-15-7-4-8-16(11-15)23-19(24)17-9-10-22(13-18(17)21-23)12-14-5-2-1-3-6-14/h1-2,4-5,7-8,11,21H,3,6,9-10,12-13H2. The molecule has 1 N–H and O–H groups in total. The van der Waals surface area contributed by atoms with Crippen LogP contribution in [0.2, 0.25) is 5.02 Å². The van der Waals surface area contributed by atoms with Crippen molar-refractivity contribution in [2.45, 2.75) is 25.8 Å². The average Bonchev–Trinajstić information content (AvgIpc) is 2.92. The van der Waals surface area contributed by atoms with Crippen LogP contribution in [-0.2, 0) is 13.0 Å². The highest BCUT2D eigenvalue weighted by molar-refractivity contribution is 6.30. The summed E-state index contributed by atoms with van der Waals surface area (Å²) < 4.78 is 1.61. The third kappa shape index (κ3) is 2.99. The lowest BCUT2D eigenvalue weighted by molar-refractivity contribution is 0.269. The van der Waals surface area contributed by atoms with E-state index >= 15 is 0 Å². The Kier molecular flexibility index (Phi) is 4.17. The van der Waals surface area contributed by atoms with Crippen molar-refractivity contribution in [1.29, 1.82) is 0 Å². The molecule has 0 atom stereocenters. The Labute approximate surface area is 146 Å². The first-order valence-corrected chi connectivity index (χ1v) is 8.74. The summed E-state index contributed by atoms with van der Waals surface area (Å²) in [5.74, 6) is 0. The molecule has 0 saturated carbocycles. The van der Waals surface area contributed by atoms with Gasteiger partial charge < -0.3 is 0 Å². The molecular formula is C19H20ClN3O. The second-order valence-electron chi connectivity index (χ2n) is 6.44. The normalized spacial score (nSPS) is 17.6. The topological polar surface area (TPSA) is 41.0 Å². The van der Waals surface area contributed by atoms with Crippen LogP contribution in [0.5, 0.6) is 0 Å². The first kappa shape index (κ1) is 15.5. The zero-order valence-corrected chi connectivity index (χ0v) is 14.2. The number of nitrogens with one attached hydrogen (secondary N) is 1. The molecule has 2 heterocycles. The van der Waals surface area contributed by atoms with Gasteiger partial charge in [0, 0.05) is 30.2 Å². The fourth-order valence-electron chi connectivity index (χ4n) is 3.48. The quantitative estimate of drug-likeness (QED) is 0.929. The van der Waals surface area contributed by atoms with Crippen LogP contribution >= 0.6 is 11.6 Å². The predicted molar refractivity (Wildman–Crippen MR) is 96.8 cm³/mol. The lowest BCUT2D eigenvalue weighted by Crippen LogP contribution is -2.33. The Morgan fingerprint density at radius 3 is 2.96 bits per heavy atom. The third-order valence-electron chi connectivity index (χ3n) is 4.73. The Hall–Kier alpha value is -2.04. The van der Waals surface area contributed by atoms with Crippen LogP contribution in [0.4, 0.5) is 0 Å². The first-order valence-electron chi connectivity index (χ1n) is 8.36. The number of benzene rings is 1. The van der Waals surface area contributed by atoms with Gasteiger partial charge in [0.05, 0.1) is 11.4 Å². The highest BCUT2D eigenvalue weighted by atomic mass is 35.5. The van der Waals surface area contributed by atoms with Crippen LogP contribution in [0.15, 0.2) is 52.9 Å². The molecule has 0 bridgehead atoms. The van der Waals surface area contributed by atoms with Gasteiger partial charge in [-0.15, -0.1) is 0 Å². The zero-order valence-electron chi connectivity index (χ0n) is 13.5. The number of fused-ring (bicyclic) bond motifs is 1. The fourth-order valence-corrected chi connectivity index (χ4v) is 3.67. The second kappa shape index (κ2) is 6.46. The van der Waals surface area contributed by atoms with Gasteiger partial charge in [-0.3, -0.25) is 14.8 Å². The molecule has 2 aliphatic rings. The Morgan fingerprint density at radius 2 is 2.17 bits per heavy atom. The van der Waals surface area contributed by atoms with Crippen molar-refractivity contribution in [3.63, 3.8) is 0 Å². The summed E-state index contributed by atoms with van der Waals surface area (Å²) in [5, 5.41) is 3.91. The van der Waals surface area contributed by atoms with E-state index in [1.54, 1.807) is 4.68 Å². The number of aromatic nitrogens is 2. The van der Waals surface area contributed by atoms with E-state index in [0.29, 0.717) is 5.02 Å². The van der Waals surface area contributed by atoms with E-state index in [2.05, 4.69) is 28.2 Å². The fraction of sp³-hybridized carbons (Fsp3) is 0.316. The number of H-pyrrole nitrogens is 1. The van der Waals surface area contributed by atoms with Gasteiger partial charge in [-0.2, -0.15) is 0 Å². The minimum atomic E-state index is 0.0479. The van der Waals surface area contributed by atoms with Gasteiger partial charge >= 0.3 is 0 Å². The van der Waals surface area contributed by atoms with E-state index in [1.807, 2.05) is 24.3 Å². The van der Waals surface area contributed by atoms with Crippen molar-refractivity contribution in [2.75, 3.05) is 13.1 Å². The highest BCUT2D eigenvalue weighted by Gasteiger charge is 2.23. The Balaban J connectivity index is 1.58. The van der Waals surface area contributed by atoms with Crippen LogP contribution in [-0.4, -0.2) is 27.8 Å². The molecule has 24 heavy (non-hydrogen) atoms. The van der Waals surface area contributed by atoms with E-state index in [0.717, 1.165) is 55.8 Å². The van der Waals surface area contributed by atoms with Gasteiger partial charge in [0.2, 0.25) is 0 Å². The van der Waals surface area contributed by atoms with E-state index in [-0.39, 0.29) is 5.56 Å².